The summed E-state index contributed by atoms with van der Waals surface area (Å²) in [5.74, 6) is -0.679. The zero-order chi connectivity index (χ0) is 23.1. The lowest BCUT2D eigenvalue weighted by molar-refractivity contribution is -0.383. The zero-order valence-electron chi connectivity index (χ0n) is 16.4. The van der Waals surface area contributed by atoms with Gasteiger partial charge in [0.1, 0.15) is 5.69 Å². The molecule has 0 heterocycles. The van der Waals surface area contributed by atoms with Crippen molar-refractivity contribution in [2.75, 3.05) is 11.9 Å². The molecule has 0 aliphatic heterocycles. The van der Waals surface area contributed by atoms with Gasteiger partial charge in [0.25, 0.3) is 11.6 Å². The SMILES string of the molecule is O=C(COC(=O)c1ccc(CSc2ccc(Cl)cc2)cc1)Nc1ccc(Cl)cc1[N+](=O)[O-]. The van der Waals surface area contributed by atoms with Crippen LogP contribution >= 0.6 is 35.0 Å². The molecule has 3 aromatic carbocycles. The third-order valence-corrected chi connectivity index (χ3v) is 5.74. The van der Waals surface area contributed by atoms with Crippen LogP contribution in [0.5, 0.6) is 0 Å². The first-order chi connectivity index (χ1) is 15.3. The van der Waals surface area contributed by atoms with Crippen molar-refractivity contribution in [2.24, 2.45) is 0 Å². The Kier molecular flexibility index (Phi) is 8.10. The molecule has 0 aliphatic rings. The molecule has 0 aliphatic carbocycles. The minimum Gasteiger partial charge on any atom is -0.452 e. The maximum absolute atomic E-state index is 12.2. The van der Waals surface area contributed by atoms with Crippen LogP contribution in [0.2, 0.25) is 10.0 Å². The first-order valence-corrected chi connectivity index (χ1v) is 10.9. The monoisotopic (exact) mass is 490 g/mol. The number of amides is 1. The van der Waals surface area contributed by atoms with E-state index in [-0.39, 0.29) is 22.0 Å². The van der Waals surface area contributed by atoms with Crippen LogP contribution in [0, 0.1) is 10.1 Å². The van der Waals surface area contributed by atoms with Gasteiger partial charge in [-0.05, 0) is 54.1 Å². The molecule has 0 unspecified atom stereocenters. The van der Waals surface area contributed by atoms with Gasteiger partial charge >= 0.3 is 5.97 Å². The second kappa shape index (κ2) is 11.0. The standard InChI is InChI=1S/C22H16Cl2N2O5S/c23-16-5-8-18(9-6-16)32-13-14-1-3-15(4-2-14)22(28)31-12-21(27)25-19-10-7-17(24)11-20(19)26(29)30/h1-11H,12-13H2,(H,25,27). The summed E-state index contributed by atoms with van der Waals surface area (Å²) in [5.41, 5.74) is 0.900. The highest BCUT2D eigenvalue weighted by atomic mass is 35.5. The molecular weight excluding hydrogens is 475 g/mol. The Morgan fingerprint density at radius 3 is 2.28 bits per heavy atom. The van der Waals surface area contributed by atoms with E-state index in [1.165, 1.54) is 12.1 Å². The number of carbonyl (C=O) groups is 2. The van der Waals surface area contributed by atoms with Crippen molar-refractivity contribution < 1.29 is 19.2 Å². The molecule has 0 saturated heterocycles. The van der Waals surface area contributed by atoms with Crippen molar-refractivity contribution >= 4 is 58.2 Å². The fourth-order valence-corrected chi connectivity index (χ4v) is 3.74. The summed E-state index contributed by atoms with van der Waals surface area (Å²) in [7, 11) is 0. The largest absolute Gasteiger partial charge is 0.452 e. The second-order valence-corrected chi connectivity index (χ2v) is 8.40. The quantitative estimate of drug-likeness (QED) is 0.180. The van der Waals surface area contributed by atoms with Crippen molar-refractivity contribution in [3.8, 4) is 0 Å². The minimum atomic E-state index is -0.709. The van der Waals surface area contributed by atoms with Crippen LogP contribution in [0.4, 0.5) is 11.4 Å². The van der Waals surface area contributed by atoms with E-state index in [9.17, 15) is 19.7 Å². The van der Waals surface area contributed by atoms with E-state index in [1.807, 2.05) is 24.3 Å². The van der Waals surface area contributed by atoms with Gasteiger partial charge in [0.05, 0.1) is 10.5 Å². The Balaban J connectivity index is 1.51. The number of rotatable bonds is 8. The summed E-state index contributed by atoms with van der Waals surface area (Å²) in [5, 5.41) is 14.3. The summed E-state index contributed by atoms with van der Waals surface area (Å²) in [6, 6.07) is 18.2. The van der Waals surface area contributed by atoms with Crippen molar-refractivity contribution in [1.82, 2.24) is 0 Å². The molecule has 0 bridgehead atoms. The van der Waals surface area contributed by atoms with E-state index in [0.29, 0.717) is 10.8 Å². The van der Waals surface area contributed by atoms with Crippen LogP contribution in [0.25, 0.3) is 0 Å². The van der Waals surface area contributed by atoms with Crippen LogP contribution in [-0.2, 0) is 15.3 Å². The van der Waals surface area contributed by atoms with Gasteiger partial charge in [0.2, 0.25) is 0 Å². The first kappa shape index (κ1) is 23.6. The van der Waals surface area contributed by atoms with Gasteiger partial charge in [-0.2, -0.15) is 0 Å². The van der Waals surface area contributed by atoms with Gasteiger partial charge in [0, 0.05) is 26.8 Å². The van der Waals surface area contributed by atoms with Crippen LogP contribution in [-0.4, -0.2) is 23.4 Å². The molecule has 0 fully saturated rings. The molecule has 0 saturated carbocycles. The fraction of sp³-hybridized carbons (Fsp3) is 0.0909. The molecule has 3 aromatic rings. The number of nitrogens with one attached hydrogen (secondary N) is 1. The predicted molar refractivity (Wildman–Crippen MR) is 124 cm³/mol. The van der Waals surface area contributed by atoms with Crippen LogP contribution in [0.1, 0.15) is 15.9 Å². The third kappa shape index (κ3) is 6.71. The number of benzene rings is 3. The number of hydrogen-bond acceptors (Lipinski definition) is 6. The predicted octanol–water partition coefficient (Wildman–Crippen LogP) is 5.99. The summed E-state index contributed by atoms with van der Waals surface area (Å²) in [4.78, 5) is 35.7. The number of nitrogens with zero attached hydrogens (tertiary/aromatic N) is 1. The first-order valence-electron chi connectivity index (χ1n) is 9.20. The minimum absolute atomic E-state index is 0.0389. The fourth-order valence-electron chi connectivity index (χ4n) is 2.60. The number of esters is 1. The molecule has 32 heavy (non-hydrogen) atoms. The molecule has 164 valence electrons. The molecule has 3 rings (SSSR count). The molecular formula is C22H16Cl2N2O5S. The normalized spacial score (nSPS) is 10.4. The Labute approximate surface area is 197 Å². The summed E-state index contributed by atoms with van der Waals surface area (Å²) in [6.07, 6.45) is 0. The third-order valence-electron chi connectivity index (χ3n) is 4.17. The van der Waals surface area contributed by atoms with Crippen molar-refractivity contribution in [3.63, 3.8) is 0 Å². The number of thioether (sulfide) groups is 1. The van der Waals surface area contributed by atoms with Crippen molar-refractivity contribution in [1.29, 1.82) is 0 Å². The Morgan fingerprint density at radius 1 is 0.969 bits per heavy atom. The maximum atomic E-state index is 12.2. The molecule has 0 radical (unpaired) electrons. The highest BCUT2D eigenvalue weighted by Gasteiger charge is 2.17. The van der Waals surface area contributed by atoms with E-state index >= 15 is 0 Å². The molecule has 7 nitrogen and oxygen atoms in total. The van der Waals surface area contributed by atoms with E-state index in [0.717, 1.165) is 16.5 Å². The van der Waals surface area contributed by atoms with Crippen molar-refractivity contribution in [3.05, 3.63) is 98.0 Å². The molecule has 1 amide bonds. The number of halogens is 2. The highest BCUT2D eigenvalue weighted by molar-refractivity contribution is 7.98. The summed E-state index contributed by atoms with van der Waals surface area (Å²) >= 11 is 13.3. The number of carbonyl (C=O) groups excluding carboxylic acids is 2. The lowest BCUT2D eigenvalue weighted by Gasteiger charge is -2.08. The Bertz CT molecular complexity index is 1140. The highest BCUT2D eigenvalue weighted by Crippen LogP contribution is 2.28. The number of hydrogen-bond donors (Lipinski definition) is 1. The smallest absolute Gasteiger partial charge is 0.338 e. The van der Waals surface area contributed by atoms with E-state index in [4.69, 9.17) is 27.9 Å². The zero-order valence-corrected chi connectivity index (χ0v) is 18.7. The van der Waals surface area contributed by atoms with Crippen LogP contribution in [0.15, 0.2) is 71.6 Å². The topological polar surface area (TPSA) is 98.5 Å². The van der Waals surface area contributed by atoms with Crippen LogP contribution in [0.3, 0.4) is 0 Å². The number of nitro benzene ring substituents is 1. The number of anilines is 1. The molecule has 0 aromatic heterocycles. The Morgan fingerprint density at radius 2 is 1.62 bits per heavy atom. The molecule has 0 atom stereocenters. The van der Waals surface area contributed by atoms with Crippen LogP contribution < -0.4 is 5.32 Å². The molecule has 0 spiro atoms. The average molecular weight is 491 g/mol. The maximum Gasteiger partial charge on any atom is 0.338 e. The van der Waals surface area contributed by atoms with E-state index < -0.39 is 23.4 Å². The summed E-state index contributed by atoms with van der Waals surface area (Å²) < 4.78 is 5.00. The lowest BCUT2D eigenvalue weighted by atomic mass is 10.1. The Hall–Kier alpha value is -3.07. The number of ether oxygens (including phenoxy) is 1. The van der Waals surface area contributed by atoms with Gasteiger partial charge in [-0.25, -0.2) is 4.79 Å². The summed E-state index contributed by atoms with van der Waals surface area (Å²) in [6.45, 7) is -0.590. The van der Waals surface area contributed by atoms with Gasteiger partial charge in [-0.3, -0.25) is 14.9 Å². The molecule has 1 N–H and O–H groups in total. The second-order valence-electron chi connectivity index (χ2n) is 6.48. The average Bonchev–Trinajstić information content (AvgIpc) is 2.78. The van der Waals surface area contributed by atoms with Crippen molar-refractivity contribution in [2.45, 2.75) is 10.6 Å². The van der Waals surface area contributed by atoms with Gasteiger partial charge in [-0.1, -0.05) is 35.3 Å². The molecule has 10 heteroatoms. The van der Waals surface area contributed by atoms with Gasteiger partial charge in [-0.15, -0.1) is 11.8 Å². The number of nitro groups is 1. The van der Waals surface area contributed by atoms with E-state index in [1.54, 1.807) is 36.0 Å². The lowest BCUT2D eigenvalue weighted by Crippen LogP contribution is -2.21. The van der Waals surface area contributed by atoms with Gasteiger partial charge in [0.15, 0.2) is 6.61 Å². The van der Waals surface area contributed by atoms with Gasteiger partial charge < -0.3 is 10.1 Å². The van der Waals surface area contributed by atoms with E-state index in [2.05, 4.69) is 5.32 Å².